The van der Waals surface area contributed by atoms with Gasteiger partial charge in [-0.05, 0) is 24.3 Å². The molecule has 0 amide bonds. The molecule has 2 N–H and O–H groups in total. The number of pyridine rings is 1. The second-order valence-electron chi connectivity index (χ2n) is 3.61. The lowest BCUT2D eigenvalue weighted by atomic mass is 10.2. The summed E-state index contributed by atoms with van der Waals surface area (Å²) in [7, 11) is 1.77. The van der Waals surface area contributed by atoms with Crippen LogP contribution >= 0.6 is 11.6 Å². The minimum atomic E-state index is -0.304. The average Bonchev–Trinajstić information content (AvgIpc) is 2.28. The number of nitrogen functional groups attached to an aromatic ring is 1. The highest BCUT2D eigenvalue weighted by Gasteiger charge is 2.10. The molecule has 2 aromatic rings. The molecule has 0 atom stereocenters. The number of rotatable bonds is 2. The maximum absolute atomic E-state index is 13.1. The zero-order valence-electron chi connectivity index (χ0n) is 9.19. The van der Waals surface area contributed by atoms with Crippen molar-refractivity contribution in [3.05, 3.63) is 47.4 Å². The second kappa shape index (κ2) is 4.59. The molecule has 1 aromatic heterocycles. The molecule has 0 saturated carbocycles. The first kappa shape index (κ1) is 11.7. The number of anilines is 3. The van der Waals surface area contributed by atoms with Gasteiger partial charge >= 0.3 is 0 Å². The molecule has 0 spiro atoms. The van der Waals surface area contributed by atoms with Crippen LogP contribution in [-0.4, -0.2) is 12.0 Å². The summed E-state index contributed by atoms with van der Waals surface area (Å²) in [5.74, 6) is 0.238. The van der Waals surface area contributed by atoms with Gasteiger partial charge in [0.2, 0.25) is 0 Å². The molecule has 0 unspecified atom stereocenters. The van der Waals surface area contributed by atoms with Gasteiger partial charge in [-0.1, -0.05) is 17.7 Å². The predicted octanol–water partition coefficient (Wildman–Crippen LogP) is 3.22. The molecule has 5 heteroatoms. The monoisotopic (exact) mass is 251 g/mol. The summed E-state index contributed by atoms with van der Waals surface area (Å²) in [4.78, 5) is 5.83. The zero-order valence-corrected chi connectivity index (χ0v) is 9.95. The van der Waals surface area contributed by atoms with Crippen LogP contribution in [0.3, 0.4) is 0 Å². The highest BCUT2D eigenvalue weighted by atomic mass is 35.5. The molecular weight excluding hydrogens is 241 g/mol. The van der Waals surface area contributed by atoms with Gasteiger partial charge in [0.1, 0.15) is 5.82 Å². The Kier molecular flexibility index (Phi) is 3.15. The number of nitrogens with two attached hydrogens (primary N) is 1. The largest absolute Gasteiger partial charge is 0.396 e. The van der Waals surface area contributed by atoms with Gasteiger partial charge in [-0.25, -0.2) is 9.37 Å². The number of nitrogens with zero attached hydrogens (tertiary/aromatic N) is 2. The standard InChI is InChI=1S/C12H11ClFN3/c1-17(10-4-2-3-9(14)6-10)12-11(15)5-8(13)7-16-12/h2-7H,15H2,1H3. The van der Waals surface area contributed by atoms with Crippen LogP contribution in [0.4, 0.5) is 21.6 Å². The van der Waals surface area contributed by atoms with Crippen molar-refractivity contribution in [3.8, 4) is 0 Å². The molecule has 1 aromatic carbocycles. The Bertz CT molecular complexity index is 545. The van der Waals surface area contributed by atoms with E-state index in [4.69, 9.17) is 17.3 Å². The van der Waals surface area contributed by atoms with E-state index in [2.05, 4.69) is 4.98 Å². The van der Waals surface area contributed by atoms with E-state index in [-0.39, 0.29) is 5.82 Å². The number of hydrogen-bond acceptors (Lipinski definition) is 3. The van der Waals surface area contributed by atoms with E-state index in [1.54, 1.807) is 30.1 Å². The van der Waals surface area contributed by atoms with Crippen molar-refractivity contribution >= 4 is 28.8 Å². The number of benzene rings is 1. The van der Waals surface area contributed by atoms with Crippen molar-refractivity contribution in [2.75, 3.05) is 17.7 Å². The van der Waals surface area contributed by atoms with Crippen LogP contribution in [0, 0.1) is 5.82 Å². The van der Waals surface area contributed by atoms with E-state index in [9.17, 15) is 4.39 Å². The lowest BCUT2D eigenvalue weighted by Crippen LogP contribution is -2.13. The smallest absolute Gasteiger partial charge is 0.156 e. The van der Waals surface area contributed by atoms with Gasteiger partial charge in [0.15, 0.2) is 5.82 Å². The Hall–Kier alpha value is -1.81. The Morgan fingerprint density at radius 1 is 1.35 bits per heavy atom. The van der Waals surface area contributed by atoms with Gasteiger partial charge in [-0.2, -0.15) is 0 Å². The van der Waals surface area contributed by atoms with Crippen LogP contribution in [0.5, 0.6) is 0 Å². The topological polar surface area (TPSA) is 42.2 Å². The molecule has 0 bridgehead atoms. The van der Waals surface area contributed by atoms with Gasteiger partial charge in [-0.3, -0.25) is 0 Å². The molecular formula is C12H11ClFN3. The Morgan fingerprint density at radius 2 is 2.12 bits per heavy atom. The van der Waals surface area contributed by atoms with Gasteiger partial charge in [0.05, 0.1) is 10.7 Å². The molecule has 0 saturated heterocycles. The Labute approximate surface area is 104 Å². The summed E-state index contributed by atoms with van der Waals surface area (Å²) in [6, 6.07) is 7.82. The first-order valence-electron chi connectivity index (χ1n) is 4.98. The van der Waals surface area contributed by atoms with Crippen molar-refractivity contribution in [1.29, 1.82) is 0 Å². The van der Waals surface area contributed by atoms with Crippen LogP contribution in [0.25, 0.3) is 0 Å². The second-order valence-corrected chi connectivity index (χ2v) is 4.04. The summed E-state index contributed by atoms with van der Waals surface area (Å²) in [5, 5.41) is 0.471. The summed E-state index contributed by atoms with van der Waals surface area (Å²) in [5.41, 5.74) is 6.94. The van der Waals surface area contributed by atoms with Crippen molar-refractivity contribution < 1.29 is 4.39 Å². The molecule has 3 nitrogen and oxygen atoms in total. The zero-order chi connectivity index (χ0) is 12.4. The van der Waals surface area contributed by atoms with E-state index >= 15 is 0 Å². The summed E-state index contributed by atoms with van der Waals surface area (Å²) in [6.07, 6.45) is 1.50. The SMILES string of the molecule is CN(c1cccc(F)c1)c1ncc(Cl)cc1N. The molecule has 0 aliphatic rings. The molecule has 88 valence electrons. The minimum Gasteiger partial charge on any atom is -0.396 e. The van der Waals surface area contributed by atoms with Crippen LogP contribution in [0.2, 0.25) is 5.02 Å². The first-order chi connectivity index (χ1) is 8.08. The quantitative estimate of drug-likeness (QED) is 0.891. The normalized spacial score (nSPS) is 10.3. The Balaban J connectivity index is 2.40. The maximum atomic E-state index is 13.1. The van der Waals surface area contributed by atoms with E-state index in [1.165, 1.54) is 18.3 Å². The highest BCUT2D eigenvalue weighted by molar-refractivity contribution is 6.30. The van der Waals surface area contributed by atoms with Gasteiger partial charge in [0, 0.05) is 18.9 Å². The predicted molar refractivity (Wildman–Crippen MR) is 68.1 cm³/mol. The van der Waals surface area contributed by atoms with Crippen LogP contribution < -0.4 is 10.6 Å². The van der Waals surface area contributed by atoms with Crippen molar-refractivity contribution in [1.82, 2.24) is 4.98 Å². The summed E-state index contributed by atoms with van der Waals surface area (Å²) in [6.45, 7) is 0. The van der Waals surface area contributed by atoms with Gasteiger partial charge in [-0.15, -0.1) is 0 Å². The van der Waals surface area contributed by atoms with E-state index in [1.807, 2.05) is 0 Å². The van der Waals surface area contributed by atoms with Crippen LogP contribution in [0.15, 0.2) is 36.5 Å². The van der Waals surface area contributed by atoms with Crippen molar-refractivity contribution in [2.45, 2.75) is 0 Å². The van der Waals surface area contributed by atoms with E-state index in [0.717, 1.165) is 0 Å². The molecule has 1 heterocycles. The lowest BCUT2D eigenvalue weighted by Gasteiger charge is -2.19. The fourth-order valence-electron chi connectivity index (χ4n) is 1.54. The minimum absolute atomic E-state index is 0.304. The van der Waals surface area contributed by atoms with Crippen LogP contribution in [0.1, 0.15) is 0 Å². The van der Waals surface area contributed by atoms with Gasteiger partial charge < -0.3 is 10.6 Å². The molecule has 2 rings (SSSR count). The lowest BCUT2D eigenvalue weighted by molar-refractivity contribution is 0.628. The Morgan fingerprint density at radius 3 is 2.76 bits per heavy atom. The third kappa shape index (κ3) is 2.47. The number of halogens is 2. The summed E-state index contributed by atoms with van der Waals surface area (Å²) < 4.78 is 13.1. The fraction of sp³-hybridized carbons (Fsp3) is 0.0833. The van der Waals surface area contributed by atoms with E-state index in [0.29, 0.717) is 22.2 Å². The molecule has 17 heavy (non-hydrogen) atoms. The average molecular weight is 252 g/mol. The number of hydrogen-bond donors (Lipinski definition) is 1. The number of aromatic nitrogens is 1. The molecule has 0 aliphatic heterocycles. The third-order valence-corrected chi connectivity index (χ3v) is 2.58. The molecule has 0 fully saturated rings. The molecule has 0 aliphatic carbocycles. The highest BCUT2D eigenvalue weighted by Crippen LogP contribution is 2.28. The molecule has 0 radical (unpaired) electrons. The van der Waals surface area contributed by atoms with E-state index < -0.39 is 0 Å². The van der Waals surface area contributed by atoms with Crippen LogP contribution in [-0.2, 0) is 0 Å². The van der Waals surface area contributed by atoms with Crippen molar-refractivity contribution in [3.63, 3.8) is 0 Å². The first-order valence-corrected chi connectivity index (χ1v) is 5.36. The summed E-state index contributed by atoms with van der Waals surface area (Å²) >= 11 is 5.77. The maximum Gasteiger partial charge on any atom is 0.156 e. The third-order valence-electron chi connectivity index (χ3n) is 2.37. The van der Waals surface area contributed by atoms with Gasteiger partial charge in [0.25, 0.3) is 0 Å². The van der Waals surface area contributed by atoms with Crippen molar-refractivity contribution in [2.24, 2.45) is 0 Å². The fourth-order valence-corrected chi connectivity index (χ4v) is 1.70.